The van der Waals surface area contributed by atoms with Crippen molar-refractivity contribution in [3.05, 3.63) is 28.2 Å². The highest BCUT2D eigenvalue weighted by molar-refractivity contribution is 9.10. The van der Waals surface area contributed by atoms with Crippen LogP contribution in [0.5, 0.6) is 5.75 Å². The lowest BCUT2D eigenvalue weighted by atomic mass is 9.90. The molecule has 4 heteroatoms. The molecule has 1 aliphatic carbocycles. The number of carbonyl (C=O) groups excluding carboxylic acids is 1. The standard InChI is InChI=1S/C14H17BrO3/c1-3-6-17-14-11(16)8-13(14)18-12-7-10(15)5-4-9(12)2/h4-5,7,13-14H,3,6,8H2,1-2H3. The van der Waals surface area contributed by atoms with Crippen LogP contribution in [0, 0.1) is 6.92 Å². The molecule has 18 heavy (non-hydrogen) atoms. The van der Waals surface area contributed by atoms with Crippen LogP contribution in [0.3, 0.4) is 0 Å². The van der Waals surface area contributed by atoms with Crippen molar-refractivity contribution in [2.24, 2.45) is 0 Å². The van der Waals surface area contributed by atoms with Gasteiger partial charge in [-0.3, -0.25) is 4.79 Å². The predicted octanol–water partition coefficient (Wildman–Crippen LogP) is 3.27. The fourth-order valence-electron chi connectivity index (χ4n) is 1.88. The molecule has 0 aromatic heterocycles. The maximum absolute atomic E-state index is 11.5. The Bertz CT molecular complexity index is 445. The number of benzene rings is 1. The Morgan fingerprint density at radius 1 is 1.44 bits per heavy atom. The van der Waals surface area contributed by atoms with E-state index in [2.05, 4.69) is 15.9 Å². The highest BCUT2D eigenvalue weighted by atomic mass is 79.9. The van der Waals surface area contributed by atoms with Crippen LogP contribution in [0.15, 0.2) is 22.7 Å². The first kappa shape index (κ1) is 13.6. The molecule has 2 rings (SSSR count). The summed E-state index contributed by atoms with van der Waals surface area (Å²) in [5, 5.41) is 0. The van der Waals surface area contributed by atoms with E-state index < -0.39 is 0 Å². The predicted molar refractivity (Wildman–Crippen MR) is 73.0 cm³/mol. The number of hydrogen-bond acceptors (Lipinski definition) is 3. The van der Waals surface area contributed by atoms with Gasteiger partial charge in [0.15, 0.2) is 11.9 Å². The Hall–Kier alpha value is -0.870. The molecule has 1 aromatic rings. The summed E-state index contributed by atoms with van der Waals surface area (Å²) >= 11 is 3.42. The number of ether oxygens (including phenoxy) is 2. The Kier molecular flexibility index (Phi) is 4.40. The third kappa shape index (κ3) is 2.93. The van der Waals surface area contributed by atoms with Gasteiger partial charge in [-0.2, -0.15) is 0 Å². The van der Waals surface area contributed by atoms with Crippen LogP contribution in [0.2, 0.25) is 0 Å². The smallest absolute Gasteiger partial charge is 0.169 e. The third-order valence-electron chi connectivity index (χ3n) is 2.99. The second-order valence-electron chi connectivity index (χ2n) is 4.53. The van der Waals surface area contributed by atoms with Gasteiger partial charge in [-0.15, -0.1) is 0 Å². The van der Waals surface area contributed by atoms with Gasteiger partial charge in [0.2, 0.25) is 0 Å². The largest absolute Gasteiger partial charge is 0.486 e. The van der Waals surface area contributed by atoms with Gasteiger partial charge < -0.3 is 9.47 Å². The normalized spacial score (nSPS) is 22.7. The van der Waals surface area contributed by atoms with Gasteiger partial charge >= 0.3 is 0 Å². The summed E-state index contributed by atoms with van der Waals surface area (Å²) in [7, 11) is 0. The molecule has 0 saturated heterocycles. The highest BCUT2D eigenvalue weighted by Gasteiger charge is 2.42. The molecule has 0 spiro atoms. The van der Waals surface area contributed by atoms with E-state index in [1.54, 1.807) is 0 Å². The molecule has 0 bridgehead atoms. The van der Waals surface area contributed by atoms with Crippen molar-refractivity contribution in [1.29, 1.82) is 0 Å². The molecule has 0 heterocycles. The van der Waals surface area contributed by atoms with E-state index in [-0.39, 0.29) is 18.0 Å². The van der Waals surface area contributed by atoms with Crippen LogP contribution < -0.4 is 4.74 Å². The highest BCUT2D eigenvalue weighted by Crippen LogP contribution is 2.29. The first-order chi connectivity index (χ1) is 8.61. The summed E-state index contributed by atoms with van der Waals surface area (Å²) in [6, 6.07) is 5.88. The topological polar surface area (TPSA) is 35.5 Å². The van der Waals surface area contributed by atoms with E-state index >= 15 is 0 Å². The van der Waals surface area contributed by atoms with E-state index in [1.807, 2.05) is 32.0 Å². The fourth-order valence-corrected chi connectivity index (χ4v) is 2.22. The first-order valence-electron chi connectivity index (χ1n) is 6.19. The molecule has 98 valence electrons. The molecule has 2 unspecified atom stereocenters. The number of Topliss-reactive ketones (excluding diaryl/α,β-unsaturated/α-hetero) is 1. The van der Waals surface area contributed by atoms with Crippen LogP contribution in [0.1, 0.15) is 25.3 Å². The van der Waals surface area contributed by atoms with Crippen LogP contribution in [-0.4, -0.2) is 24.6 Å². The quantitative estimate of drug-likeness (QED) is 0.837. The number of rotatable bonds is 5. The van der Waals surface area contributed by atoms with Crippen molar-refractivity contribution in [2.45, 2.75) is 38.9 Å². The van der Waals surface area contributed by atoms with Crippen molar-refractivity contribution in [1.82, 2.24) is 0 Å². The lowest BCUT2D eigenvalue weighted by molar-refractivity contribution is -0.154. The van der Waals surface area contributed by atoms with E-state index in [9.17, 15) is 4.79 Å². The van der Waals surface area contributed by atoms with E-state index in [4.69, 9.17) is 9.47 Å². The van der Waals surface area contributed by atoms with Crippen molar-refractivity contribution in [3.8, 4) is 5.75 Å². The Morgan fingerprint density at radius 3 is 2.89 bits per heavy atom. The minimum Gasteiger partial charge on any atom is -0.486 e. The molecular weight excluding hydrogens is 296 g/mol. The third-order valence-corrected chi connectivity index (χ3v) is 3.48. The van der Waals surface area contributed by atoms with Crippen molar-refractivity contribution in [2.75, 3.05) is 6.61 Å². The number of ketones is 1. The van der Waals surface area contributed by atoms with Crippen LogP contribution in [0.4, 0.5) is 0 Å². The molecule has 1 aliphatic rings. The van der Waals surface area contributed by atoms with Gasteiger partial charge in [0.25, 0.3) is 0 Å². The summed E-state index contributed by atoms with van der Waals surface area (Å²) in [5.41, 5.74) is 1.06. The average molecular weight is 313 g/mol. The zero-order valence-corrected chi connectivity index (χ0v) is 12.2. The Morgan fingerprint density at radius 2 is 2.22 bits per heavy atom. The molecule has 0 radical (unpaired) electrons. The summed E-state index contributed by atoms with van der Waals surface area (Å²) in [4.78, 5) is 11.5. The first-order valence-corrected chi connectivity index (χ1v) is 6.98. The molecule has 1 saturated carbocycles. The molecule has 1 fully saturated rings. The van der Waals surface area contributed by atoms with Crippen LogP contribution >= 0.6 is 15.9 Å². The maximum atomic E-state index is 11.5. The maximum Gasteiger partial charge on any atom is 0.169 e. The Labute approximate surface area is 116 Å². The van der Waals surface area contributed by atoms with E-state index in [0.717, 1.165) is 22.2 Å². The fraction of sp³-hybridized carbons (Fsp3) is 0.500. The minimum atomic E-state index is -0.386. The molecule has 0 amide bonds. The molecular formula is C14H17BrO3. The molecule has 1 aromatic carbocycles. The summed E-state index contributed by atoms with van der Waals surface area (Å²) in [6.07, 6.45) is 0.826. The SMILES string of the molecule is CCCOC1C(=O)CC1Oc1cc(Br)ccc1C. The zero-order chi connectivity index (χ0) is 13.1. The van der Waals surface area contributed by atoms with Gasteiger partial charge in [0.05, 0.1) is 0 Å². The van der Waals surface area contributed by atoms with Crippen LogP contribution in [0.25, 0.3) is 0 Å². The summed E-state index contributed by atoms with van der Waals surface area (Å²) in [5.74, 6) is 0.952. The van der Waals surface area contributed by atoms with Gasteiger partial charge in [0.1, 0.15) is 11.9 Å². The second kappa shape index (κ2) is 5.85. The number of hydrogen-bond donors (Lipinski definition) is 0. The lowest BCUT2D eigenvalue weighted by Gasteiger charge is -2.35. The molecule has 3 nitrogen and oxygen atoms in total. The monoisotopic (exact) mass is 312 g/mol. The lowest BCUT2D eigenvalue weighted by Crippen LogP contribution is -2.52. The number of halogens is 1. The van der Waals surface area contributed by atoms with Crippen molar-refractivity contribution >= 4 is 21.7 Å². The molecule has 2 atom stereocenters. The summed E-state index contributed by atoms with van der Waals surface area (Å²) < 4.78 is 12.3. The number of aryl methyl sites for hydroxylation is 1. The molecule has 0 N–H and O–H groups in total. The second-order valence-corrected chi connectivity index (χ2v) is 5.44. The summed E-state index contributed by atoms with van der Waals surface area (Å²) in [6.45, 7) is 4.62. The van der Waals surface area contributed by atoms with Gasteiger partial charge in [-0.05, 0) is 31.0 Å². The zero-order valence-electron chi connectivity index (χ0n) is 10.6. The van der Waals surface area contributed by atoms with Gasteiger partial charge in [-0.1, -0.05) is 28.9 Å². The Balaban J connectivity index is 2.01. The van der Waals surface area contributed by atoms with Gasteiger partial charge in [-0.25, -0.2) is 0 Å². The minimum absolute atomic E-state index is 0.140. The van der Waals surface area contributed by atoms with E-state index in [1.165, 1.54) is 0 Å². The van der Waals surface area contributed by atoms with E-state index in [0.29, 0.717) is 13.0 Å². The van der Waals surface area contributed by atoms with Crippen molar-refractivity contribution in [3.63, 3.8) is 0 Å². The average Bonchev–Trinajstić information content (AvgIpc) is 2.33. The number of carbonyl (C=O) groups is 1. The van der Waals surface area contributed by atoms with Crippen LogP contribution in [-0.2, 0) is 9.53 Å². The molecule has 0 aliphatic heterocycles. The van der Waals surface area contributed by atoms with Gasteiger partial charge in [0, 0.05) is 17.5 Å². The van der Waals surface area contributed by atoms with Crippen molar-refractivity contribution < 1.29 is 14.3 Å².